The van der Waals surface area contributed by atoms with Crippen LogP contribution < -0.4 is 9.47 Å². The molecular weight excluding hydrogens is 330 g/mol. The molecule has 1 amide bonds. The maximum atomic E-state index is 13.0. The molecule has 1 aliphatic rings. The summed E-state index contributed by atoms with van der Waals surface area (Å²) in [5.41, 5.74) is 2.99. The lowest BCUT2D eigenvalue weighted by atomic mass is 9.92. The van der Waals surface area contributed by atoms with Crippen LogP contribution in [0, 0.1) is 0 Å². The zero-order chi connectivity index (χ0) is 18.3. The molecule has 26 heavy (non-hydrogen) atoms. The molecular formula is C21H21NO4. The van der Waals surface area contributed by atoms with Crippen molar-refractivity contribution in [2.45, 2.75) is 19.4 Å². The topological polar surface area (TPSA) is 51.9 Å². The molecule has 134 valence electrons. The number of ether oxygens (including phenoxy) is 2. The summed E-state index contributed by atoms with van der Waals surface area (Å²) in [5.74, 6) is 1.68. The number of hydrogen-bond donors (Lipinski definition) is 0. The first-order valence-electron chi connectivity index (χ1n) is 8.66. The van der Waals surface area contributed by atoms with Crippen LogP contribution in [0.15, 0.2) is 46.9 Å². The van der Waals surface area contributed by atoms with Gasteiger partial charge in [0.15, 0.2) is 17.3 Å². The van der Waals surface area contributed by atoms with E-state index >= 15 is 0 Å². The quantitative estimate of drug-likeness (QED) is 0.709. The van der Waals surface area contributed by atoms with Crippen molar-refractivity contribution in [1.29, 1.82) is 0 Å². The fourth-order valence-corrected chi connectivity index (χ4v) is 3.65. The summed E-state index contributed by atoms with van der Waals surface area (Å²) in [6.45, 7) is 2.67. The predicted molar refractivity (Wildman–Crippen MR) is 98.9 cm³/mol. The standard InChI is InChI=1S/C21H21NO4/c1-13-16-12-19(25-3)18(24-2)10-14(16)8-9-22(13)21(23)20-11-15-6-4-5-7-17(15)26-20/h4-7,10-13H,8-9H2,1-3H3/t13-/m1/s1. The highest BCUT2D eigenvalue weighted by molar-refractivity contribution is 5.96. The molecule has 0 unspecified atom stereocenters. The van der Waals surface area contributed by atoms with E-state index in [-0.39, 0.29) is 11.9 Å². The Hall–Kier alpha value is -2.95. The van der Waals surface area contributed by atoms with Crippen molar-refractivity contribution in [3.63, 3.8) is 0 Å². The van der Waals surface area contributed by atoms with Crippen molar-refractivity contribution in [1.82, 2.24) is 4.90 Å². The van der Waals surface area contributed by atoms with Gasteiger partial charge in [0.25, 0.3) is 5.91 Å². The lowest BCUT2D eigenvalue weighted by Crippen LogP contribution is -2.38. The second kappa shape index (κ2) is 6.41. The van der Waals surface area contributed by atoms with Crippen molar-refractivity contribution in [3.8, 4) is 11.5 Å². The SMILES string of the molecule is COc1cc2c(cc1OC)[C@@H](C)N(C(=O)c1cc3ccccc3o1)CC2. The smallest absolute Gasteiger partial charge is 0.290 e. The van der Waals surface area contributed by atoms with E-state index < -0.39 is 0 Å². The molecule has 0 aliphatic carbocycles. The van der Waals surface area contributed by atoms with Crippen molar-refractivity contribution in [2.24, 2.45) is 0 Å². The molecule has 0 N–H and O–H groups in total. The van der Waals surface area contributed by atoms with E-state index in [0.717, 1.165) is 28.7 Å². The zero-order valence-corrected chi connectivity index (χ0v) is 15.1. The van der Waals surface area contributed by atoms with Crippen LogP contribution in [0.2, 0.25) is 0 Å². The number of carbonyl (C=O) groups is 1. The van der Waals surface area contributed by atoms with Gasteiger partial charge in [-0.1, -0.05) is 18.2 Å². The Morgan fingerprint density at radius 1 is 1.12 bits per heavy atom. The molecule has 0 bridgehead atoms. The molecule has 5 nitrogen and oxygen atoms in total. The van der Waals surface area contributed by atoms with E-state index in [9.17, 15) is 4.79 Å². The fraction of sp³-hybridized carbons (Fsp3) is 0.286. The van der Waals surface area contributed by atoms with Gasteiger partial charge in [-0.3, -0.25) is 4.79 Å². The first-order valence-corrected chi connectivity index (χ1v) is 8.66. The first-order chi connectivity index (χ1) is 12.6. The Morgan fingerprint density at radius 3 is 2.58 bits per heavy atom. The third kappa shape index (κ3) is 2.60. The van der Waals surface area contributed by atoms with Gasteiger partial charge in [-0.25, -0.2) is 0 Å². The molecule has 0 spiro atoms. The highest BCUT2D eigenvalue weighted by Crippen LogP contribution is 2.38. The summed E-state index contributed by atoms with van der Waals surface area (Å²) in [6.07, 6.45) is 0.770. The number of amides is 1. The average Bonchev–Trinajstić information content (AvgIpc) is 3.11. The number of hydrogen-bond acceptors (Lipinski definition) is 4. The van der Waals surface area contributed by atoms with Gasteiger partial charge in [0.05, 0.1) is 20.3 Å². The summed E-state index contributed by atoms with van der Waals surface area (Å²) in [4.78, 5) is 14.9. The highest BCUT2D eigenvalue weighted by atomic mass is 16.5. The number of benzene rings is 2. The van der Waals surface area contributed by atoms with Gasteiger partial charge < -0.3 is 18.8 Å². The lowest BCUT2D eigenvalue weighted by Gasteiger charge is -2.35. The van der Waals surface area contributed by atoms with Crippen LogP contribution in [-0.2, 0) is 6.42 Å². The van der Waals surface area contributed by atoms with Crippen LogP contribution in [0.4, 0.5) is 0 Å². The number of methoxy groups -OCH3 is 2. The second-order valence-corrected chi connectivity index (χ2v) is 6.48. The van der Waals surface area contributed by atoms with E-state index in [0.29, 0.717) is 18.1 Å². The minimum absolute atomic E-state index is 0.0701. The van der Waals surface area contributed by atoms with Gasteiger partial charge in [0, 0.05) is 11.9 Å². The minimum atomic E-state index is -0.0888. The molecule has 0 saturated heterocycles. The summed E-state index contributed by atoms with van der Waals surface area (Å²) in [7, 11) is 3.25. The van der Waals surface area contributed by atoms with Crippen LogP contribution in [0.3, 0.4) is 0 Å². The van der Waals surface area contributed by atoms with E-state index in [1.165, 1.54) is 5.56 Å². The third-order valence-corrected chi connectivity index (χ3v) is 5.08. The van der Waals surface area contributed by atoms with Gasteiger partial charge in [0.2, 0.25) is 0 Å². The Kier molecular flexibility index (Phi) is 4.07. The van der Waals surface area contributed by atoms with Crippen molar-refractivity contribution in [2.75, 3.05) is 20.8 Å². The maximum absolute atomic E-state index is 13.0. The summed E-state index contributed by atoms with van der Waals surface area (Å²) >= 11 is 0. The molecule has 4 rings (SSSR count). The number of para-hydroxylation sites is 1. The molecule has 5 heteroatoms. The van der Waals surface area contributed by atoms with Crippen LogP contribution >= 0.6 is 0 Å². The maximum Gasteiger partial charge on any atom is 0.290 e. The van der Waals surface area contributed by atoms with E-state index in [1.54, 1.807) is 14.2 Å². The number of fused-ring (bicyclic) bond motifs is 2. The molecule has 0 radical (unpaired) electrons. The summed E-state index contributed by atoms with van der Waals surface area (Å²) < 4.78 is 16.6. The van der Waals surface area contributed by atoms with Crippen LogP contribution in [0.1, 0.15) is 34.6 Å². The first kappa shape index (κ1) is 16.5. The minimum Gasteiger partial charge on any atom is -0.493 e. The Morgan fingerprint density at radius 2 is 1.85 bits per heavy atom. The van der Waals surface area contributed by atoms with Crippen molar-refractivity contribution in [3.05, 3.63) is 59.4 Å². The number of furan rings is 1. The molecule has 2 aromatic carbocycles. The van der Waals surface area contributed by atoms with Crippen LogP contribution in [0.25, 0.3) is 11.0 Å². The van der Waals surface area contributed by atoms with Gasteiger partial charge in [-0.2, -0.15) is 0 Å². The van der Waals surface area contributed by atoms with E-state index in [2.05, 4.69) is 0 Å². The predicted octanol–water partition coefficient (Wildman–Crippen LogP) is 4.21. The molecule has 3 aromatic rings. The van der Waals surface area contributed by atoms with E-state index in [4.69, 9.17) is 13.9 Å². The normalized spacial score (nSPS) is 16.4. The molecule has 1 atom stereocenters. The van der Waals surface area contributed by atoms with Crippen molar-refractivity contribution < 1.29 is 18.7 Å². The fourth-order valence-electron chi connectivity index (χ4n) is 3.65. The molecule has 1 aromatic heterocycles. The van der Waals surface area contributed by atoms with Crippen molar-refractivity contribution >= 4 is 16.9 Å². The molecule has 1 aliphatic heterocycles. The molecule has 0 saturated carbocycles. The summed E-state index contributed by atoms with van der Waals surface area (Å²) in [5, 5.41) is 0.937. The van der Waals surface area contributed by atoms with Gasteiger partial charge in [0.1, 0.15) is 5.58 Å². The number of rotatable bonds is 3. The molecule has 2 heterocycles. The molecule has 0 fully saturated rings. The largest absolute Gasteiger partial charge is 0.493 e. The van der Waals surface area contributed by atoms with Gasteiger partial charge >= 0.3 is 0 Å². The zero-order valence-electron chi connectivity index (χ0n) is 15.1. The third-order valence-electron chi connectivity index (χ3n) is 5.08. The Labute approximate surface area is 152 Å². The van der Waals surface area contributed by atoms with Gasteiger partial charge in [-0.15, -0.1) is 0 Å². The van der Waals surface area contributed by atoms with Gasteiger partial charge in [-0.05, 0) is 48.7 Å². The Bertz CT molecular complexity index is 942. The van der Waals surface area contributed by atoms with Crippen LogP contribution in [-0.4, -0.2) is 31.6 Å². The highest BCUT2D eigenvalue weighted by Gasteiger charge is 2.31. The Balaban J connectivity index is 1.68. The summed E-state index contributed by atoms with van der Waals surface area (Å²) in [6, 6.07) is 13.4. The number of nitrogens with zero attached hydrogens (tertiary/aromatic N) is 1. The van der Waals surface area contributed by atoms with Crippen LogP contribution in [0.5, 0.6) is 11.5 Å². The lowest BCUT2D eigenvalue weighted by molar-refractivity contribution is 0.0647. The monoisotopic (exact) mass is 351 g/mol. The van der Waals surface area contributed by atoms with E-state index in [1.807, 2.05) is 54.3 Å². The second-order valence-electron chi connectivity index (χ2n) is 6.48. The average molecular weight is 351 g/mol. The number of carbonyl (C=O) groups excluding carboxylic acids is 1.